The Balaban J connectivity index is 2.04. The number of rotatable bonds is 8. The van der Waals surface area contributed by atoms with Gasteiger partial charge in [0.25, 0.3) is 0 Å². The molecule has 0 saturated heterocycles. The third-order valence-electron chi connectivity index (χ3n) is 7.94. The van der Waals surface area contributed by atoms with E-state index in [1.807, 2.05) is 13.8 Å². The number of hydrogen-bond acceptors (Lipinski definition) is 5. The van der Waals surface area contributed by atoms with Gasteiger partial charge in [-0.1, -0.05) is 57.3 Å². The van der Waals surface area contributed by atoms with Crippen LogP contribution < -0.4 is 0 Å². The summed E-state index contributed by atoms with van der Waals surface area (Å²) >= 11 is 0. The van der Waals surface area contributed by atoms with Crippen molar-refractivity contribution < 1.29 is 47.9 Å². The van der Waals surface area contributed by atoms with Gasteiger partial charge in [-0.15, -0.1) is 3.38 Å². The van der Waals surface area contributed by atoms with E-state index in [4.69, 9.17) is 4.74 Å². The summed E-state index contributed by atoms with van der Waals surface area (Å²) in [5.41, 5.74) is -13.0. The van der Waals surface area contributed by atoms with Crippen molar-refractivity contribution in [2.75, 3.05) is 6.61 Å². The molecule has 4 rings (SSSR count). The van der Waals surface area contributed by atoms with Crippen molar-refractivity contribution in [1.82, 2.24) is 3.38 Å². The minimum absolute atomic E-state index is 0.0528. The summed E-state index contributed by atoms with van der Waals surface area (Å²) in [6, 6.07) is 8.92. The molecule has 0 aliphatic heterocycles. The van der Waals surface area contributed by atoms with E-state index in [1.54, 1.807) is 30.3 Å². The van der Waals surface area contributed by atoms with Crippen LogP contribution in [0.5, 0.6) is 0 Å². The van der Waals surface area contributed by atoms with E-state index in [0.717, 1.165) is 18.7 Å². The van der Waals surface area contributed by atoms with Gasteiger partial charge in [0.2, 0.25) is 0 Å². The molecule has 1 aromatic carbocycles. The molecule has 1 aromatic rings. The van der Waals surface area contributed by atoms with Crippen LogP contribution in [0.4, 0.5) is 26.3 Å². The third-order valence-corrected chi connectivity index (χ3v) is 18.8. The molecule has 0 aromatic heterocycles. The van der Waals surface area contributed by atoms with Gasteiger partial charge >= 0.3 is 31.1 Å². The van der Waals surface area contributed by atoms with Crippen LogP contribution >= 0.6 is 0 Å². The maximum atomic E-state index is 13.5. The second-order valence-electron chi connectivity index (χ2n) is 10.6. The van der Waals surface area contributed by atoms with Crippen molar-refractivity contribution in [3.8, 4) is 0 Å². The highest BCUT2D eigenvalue weighted by atomic mass is 32.3. The van der Waals surface area contributed by atoms with Crippen LogP contribution in [0.2, 0.25) is 18.6 Å². The van der Waals surface area contributed by atoms with Crippen molar-refractivity contribution >= 4 is 28.3 Å². The lowest BCUT2D eigenvalue weighted by atomic mass is 9.45. The molecule has 3 aliphatic carbocycles. The van der Waals surface area contributed by atoms with E-state index in [9.17, 15) is 43.2 Å². The van der Waals surface area contributed by atoms with Crippen LogP contribution in [0.15, 0.2) is 30.3 Å². The van der Waals surface area contributed by atoms with Gasteiger partial charge in [-0.3, -0.25) is 0 Å². The van der Waals surface area contributed by atoms with Gasteiger partial charge < -0.3 is 4.74 Å². The fraction of sp³-hybridized carbons (Fsp3) is 0.714. The first-order chi connectivity index (χ1) is 16.2. The van der Waals surface area contributed by atoms with Gasteiger partial charge in [0.1, 0.15) is 0 Å². The van der Waals surface area contributed by atoms with Crippen molar-refractivity contribution in [3.05, 3.63) is 35.9 Å². The predicted molar refractivity (Wildman–Crippen MR) is 123 cm³/mol. The molecule has 6 nitrogen and oxygen atoms in total. The van der Waals surface area contributed by atoms with Gasteiger partial charge in [-0.2, -0.15) is 26.3 Å². The number of benzene rings is 1. The first kappa shape index (κ1) is 29.4. The van der Waals surface area contributed by atoms with Crippen LogP contribution in [0.1, 0.15) is 32.3 Å². The van der Waals surface area contributed by atoms with Crippen LogP contribution in [-0.2, 0) is 31.4 Å². The minimum atomic E-state index is -6.86. The highest BCUT2D eigenvalue weighted by Gasteiger charge is 2.70. The molecule has 0 spiro atoms. The van der Waals surface area contributed by atoms with E-state index >= 15 is 0 Å². The molecule has 3 fully saturated rings. The summed E-state index contributed by atoms with van der Waals surface area (Å²) in [5, 5.41) is 0. The van der Waals surface area contributed by atoms with E-state index in [1.165, 1.54) is 0 Å². The SMILES string of the molecule is CC1(C)[C@H]2C[C@@H]1[C@H](COCc1ccccc1)[C@@H]([Si](C)(C)N(S(=O)(=O)C(F)(F)F)S(=O)(=O)C(F)(F)F)C2. The van der Waals surface area contributed by atoms with E-state index in [2.05, 4.69) is 0 Å². The quantitative estimate of drug-likeness (QED) is 0.301. The molecule has 4 atom stereocenters. The lowest BCUT2D eigenvalue weighted by Gasteiger charge is -2.65. The summed E-state index contributed by atoms with van der Waals surface area (Å²) in [4.78, 5) is 0. The second-order valence-corrected chi connectivity index (χ2v) is 19.6. The van der Waals surface area contributed by atoms with Gasteiger partial charge in [-0.05, 0) is 47.1 Å². The molecule has 2 bridgehead atoms. The summed E-state index contributed by atoms with van der Waals surface area (Å²) in [7, 11) is -18.3. The van der Waals surface area contributed by atoms with Crippen molar-refractivity contribution in [1.29, 1.82) is 0 Å². The second kappa shape index (κ2) is 9.24. The molecular weight excluding hydrogens is 552 g/mol. The monoisotopic (exact) mass is 581 g/mol. The summed E-state index contributed by atoms with van der Waals surface area (Å²) < 4.78 is 135. The molecule has 0 N–H and O–H groups in total. The molecule has 3 aliphatic rings. The predicted octanol–water partition coefficient (Wildman–Crippen LogP) is 5.46. The standard InChI is InChI=1S/C21H29F6NO5S2Si/c1-19(2)15-10-17(19)16(13-33-12-14-8-6-5-7-9-14)18(11-15)36(3,4)28(34(29,30)20(22,23)24)35(31,32)21(25,26)27/h5-9,15-18H,10-13H2,1-4H3/t15-,16-,17+,18-/m0/s1. The molecular formula is C21H29F6NO5S2Si. The normalized spacial score (nSPS) is 27.1. The highest BCUT2D eigenvalue weighted by Crippen LogP contribution is 2.67. The Kier molecular flexibility index (Phi) is 7.54. The fourth-order valence-corrected chi connectivity index (χ4v) is 16.8. The molecule has 36 heavy (non-hydrogen) atoms. The number of sulfonamides is 2. The Bertz CT molecular complexity index is 1130. The van der Waals surface area contributed by atoms with Crippen molar-refractivity contribution in [2.45, 2.75) is 62.9 Å². The number of halogens is 6. The molecule has 206 valence electrons. The van der Waals surface area contributed by atoms with E-state index in [0.29, 0.717) is 6.42 Å². The molecule has 0 heterocycles. The zero-order valence-electron chi connectivity index (χ0n) is 20.1. The Hall–Kier alpha value is -1.16. The van der Waals surface area contributed by atoms with Crippen LogP contribution in [0, 0.1) is 23.2 Å². The van der Waals surface area contributed by atoms with Gasteiger partial charge in [0.15, 0.2) is 8.24 Å². The maximum Gasteiger partial charge on any atom is 0.512 e. The maximum absolute atomic E-state index is 13.5. The number of fused-ring (bicyclic) bond motifs is 2. The molecule has 0 amide bonds. The third kappa shape index (κ3) is 4.85. The smallest absolute Gasteiger partial charge is 0.376 e. The average molecular weight is 582 g/mol. The Morgan fingerprint density at radius 1 is 0.944 bits per heavy atom. The topological polar surface area (TPSA) is 80.8 Å². The van der Waals surface area contributed by atoms with Gasteiger partial charge in [0.05, 0.1) is 13.2 Å². The number of alkyl halides is 6. The zero-order chi connectivity index (χ0) is 27.5. The molecule has 0 radical (unpaired) electrons. The summed E-state index contributed by atoms with van der Waals surface area (Å²) in [6.45, 7) is 5.87. The number of nitrogens with zero attached hydrogens (tertiary/aromatic N) is 1. The molecule has 3 saturated carbocycles. The Morgan fingerprint density at radius 3 is 1.89 bits per heavy atom. The first-order valence-electron chi connectivity index (χ1n) is 11.2. The van der Waals surface area contributed by atoms with Crippen molar-refractivity contribution in [3.63, 3.8) is 0 Å². The van der Waals surface area contributed by atoms with Crippen LogP contribution in [-0.4, -0.2) is 46.1 Å². The fourth-order valence-electron chi connectivity index (χ4n) is 5.95. The van der Waals surface area contributed by atoms with Crippen LogP contribution in [0.3, 0.4) is 0 Å². The Morgan fingerprint density at radius 2 is 1.44 bits per heavy atom. The highest BCUT2D eigenvalue weighted by molar-refractivity contribution is 8.06. The molecule has 15 heteroatoms. The van der Waals surface area contributed by atoms with Crippen molar-refractivity contribution in [2.24, 2.45) is 23.2 Å². The summed E-state index contributed by atoms with van der Waals surface area (Å²) in [5.74, 6) is -0.883. The van der Waals surface area contributed by atoms with Gasteiger partial charge in [0, 0.05) is 0 Å². The zero-order valence-corrected chi connectivity index (χ0v) is 22.7. The molecule has 0 unspecified atom stereocenters. The lowest BCUT2D eigenvalue weighted by molar-refractivity contribution is -0.126. The summed E-state index contributed by atoms with van der Waals surface area (Å²) in [6.07, 6.45) is 0.769. The Labute approximate surface area is 208 Å². The first-order valence-corrected chi connectivity index (χ1v) is 17.1. The van der Waals surface area contributed by atoms with Crippen LogP contribution in [0.25, 0.3) is 0 Å². The number of hydrogen-bond donors (Lipinski definition) is 0. The van der Waals surface area contributed by atoms with E-state index < -0.39 is 54.1 Å². The lowest BCUT2D eigenvalue weighted by Crippen LogP contribution is -2.67. The van der Waals surface area contributed by atoms with Gasteiger partial charge in [-0.25, -0.2) is 16.8 Å². The average Bonchev–Trinajstić information content (AvgIpc) is 2.71. The minimum Gasteiger partial charge on any atom is -0.376 e. The number of ether oxygens (including phenoxy) is 1. The largest absolute Gasteiger partial charge is 0.512 e. The van der Waals surface area contributed by atoms with E-state index in [-0.39, 0.29) is 36.9 Å².